The molecule has 0 saturated carbocycles. The molecule has 0 aromatic carbocycles. The van der Waals surface area contributed by atoms with Gasteiger partial charge in [-0.2, -0.15) is 5.10 Å². The summed E-state index contributed by atoms with van der Waals surface area (Å²) in [5, 5.41) is 7.69. The first-order chi connectivity index (χ1) is 6.84. The first-order valence-electron chi connectivity index (χ1n) is 5.23. The molecular weight excluding hydrogens is 242 g/mol. The maximum absolute atomic E-state index is 4.25. The van der Waals surface area contributed by atoms with Crippen LogP contribution in [-0.2, 0) is 6.54 Å². The molecule has 14 heavy (non-hydrogen) atoms. The summed E-state index contributed by atoms with van der Waals surface area (Å²) in [7, 11) is 0. The van der Waals surface area contributed by atoms with Crippen LogP contribution in [-0.4, -0.2) is 22.9 Å². The van der Waals surface area contributed by atoms with E-state index in [0.717, 1.165) is 16.9 Å². The summed E-state index contributed by atoms with van der Waals surface area (Å²) in [5.41, 5.74) is 0. The summed E-state index contributed by atoms with van der Waals surface area (Å²) < 4.78 is 3.08. The van der Waals surface area contributed by atoms with Crippen LogP contribution in [0.15, 0.2) is 16.9 Å². The van der Waals surface area contributed by atoms with Gasteiger partial charge in [-0.1, -0.05) is 0 Å². The molecule has 0 radical (unpaired) electrons. The smallest absolute Gasteiger partial charge is 0.0632 e. The van der Waals surface area contributed by atoms with Crippen LogP contribution in [0.2, 0.25) is 0 Å². The first kappa shape index (κ1) is 10.2. The average Bonchev–Trinajstić information content (AvgIpc) is 2.63. The maximum Gasteiger partial charge on any atom is 0.0632 e. The second-order valence-corrected chi connectivity index (χ2v) is 4.84. The van der Waals surface area contributed by atoms with Gasteiger partial charge in [0, 0.05) is 12.7 Å². The second kappa shape index (κ2) is 4.94. The summed E-state index contributed by atoms with van der Waals surface area (Å²) >= 11 is 3.40. The van der Waals surface area contributed by atoms with E-state index in [1.165, 1.54) is 32.4 Å². The Morgan fingerprint density at radius 1 is 1.64 bits per heavy atom. The number of piperidine rings is 1. The van der Waals surface area contributed by atoms with Gasteiger partial charge in [0.2, 0.25) is 0 Å². The summed E-state index contributed by atoms with van der Waals surface area (Å²) in [6.45, 7) is 3.42. The van der Waals surface area contributed by atoms with Gasteiger partial charge in [0.15, 0.2) is 0 Å². The summed E-state index contributed by atoms with van der Waals surface area (Å²) in [5.74, 6) is 0.840. The van der Waals surface area contributed by atoms with Gasteiger partial charge in [-0.3, -0.25) is 4.68 Å². The number of halogens is 1. The van der Waals surface area contributed by atoms with E-state index in [2.05, 4.69) is 26.3 Å². The molecule has 2 heterocycles. The Bertz CT molecular complexity index is 279. The third kappa shape index (κ3) is 2.82. The molecule has 1 fully saturated rings. The van der Waals surface area contributed by atoms with Crippen molar-refractivity contribution in [3.8, 4) is 0 Å². The Balaban J connectivity index is 1.76. The number of nitrogens with one attached hydrogen (secondary N) is 1. The van der Waals surface area contributed by atoms with E-state index in [1.807, 2.05) is 17.1 Å². The standard InChI is InChI=1S/C10H16BrN3/c11-10-7-13-14(8-10)5-3-9-2-1-4-12-6-9/h7-9,12H,1-6H2. The molecule has 1 unspecified atom stereocenters. The van der Waals surface area contributed by atoms with Crippen molar-refractivity contribution in [1.29, 1.82) is 0 Å². The Morgan fingerprint density at radius 3 is 3.21 bits per heavy atom. The number of nitrogens with zero attached hydrogens (tertiary/aromatic N) is 2. The fourth-order valence-corrected chi connectivity index (χ4v) is 2.27. The topological polar surface area (TPSA) is 29.9 Å². The minimum atomic E-state index is 0.840. The Kier molecular flexibility index (Phi) is 3.59. The molecule has 78 valence electrons. The lowest BCUT2D eigenvalue weighted by Gasteiger charge is -2.22. The molecular formula is C10H16BrN3. The zero-order chi connectivity index (χ0) is 9.80. The van der Waals surface area contributed by atoms with Gasteiger partial charge >= 0.3 is 0 Å². The van der Waals surface area contributed by atoms with Crippen LogP contribution in [0.4, 0.5) is 0 Å². The van der Waals surface area contributed by atoms with Gasteiger partial charge in [-0.05, 0) is 54.2 Å². The van der Waals surface area contributed by atoms with Gasteiger partial charge in [0.25, 0.3) is 0 Å². The Hall–Kier alpha value is -0.350. The van der Waals surface area contributed by atoms with Crippen LogP contribution in [0.1, 0.15) is 19.3 Å². The van der Waals surface area contributed by atoms with Gasteiger partial charge in [-0.25, -0.2) is 0 Å². The van der Waals surface area contributed by atoms with Gasteiger partial charge in [0.1, 0.15) is 0 Å². The molecule has 0 aliphatic carbocycles. The largest absolute Gasteiger partial charge is 0.316 e. The van der Waals surface area contributed by atoms with Gasteiger partial charge in [-0.15, -0.1) is 0 Å². The number of hydrogen-bond donors (Lipinski definition) is 1. The van der Waals surface area contributed by atoms with Crippen molar-refractivity contribution in [1.82, 2.24) is 15.1 Å². The third-order valence-electron chi connectivity index (χ3n) is 2.77. The highest BCUT2D eigenvalue weighted by molar-refractivity contribution is 9.10. The number of hydrogen-bond acceptors (Lipinski definition) is 2. The highest BCUT2D eigenvalue weighted by Crippen LogP contribution is 2.15. The van der Waals surface area contributed by atoms with Crippen LogP contribution < -0.4 is 5.32 Å². The molecule has 1 aromatic heterocycles. The number of aromatic nitrogens is 2. The highest BCUT2D eigenvalue weighted by atomic mass is 79.9. The quantitative estimate of drug-likeness (QED) is 0.899. The van der Waals surface area contributed by atoms with Crippen molar-refractivity contribution in [3.05, 3.63) is 16.9 Å². The van der Waals surface area contributed by atoms with Crippen LogP contribution >= 0.6 is 15.9 Å². The normalized spacial score (nSPS) is 22.5. The number of rotatable bonds is 3. The monoisotopic (exact) mass is 257 g/mol. The van der Waals surface area contributed by atoms with E-state index in [9.17, 15) is 0 Å². The average molecular weight is 258 g/mol. The second-order valence-electron chi connectivity index (χ2n) is 3.92. The van der Waals surface area contributed by atoms with Crippen LogP contribution in [0.3, 0.4) is 0 Å². The lowest BCUT2D eigenvalue weighted by molar-refractivity contribution is 0.336. The minimum absolute atomic E-state index is 0.840. The molecule has 4 heteroatoms. The molecule has 1 saturated heterocycles. The van der Waals surface area contributed by atoms with Crippen molar-refractivity contribution < 1.29 is 0 Å². The van der Waals surface area contributed by atoms with Crippen LogP contribution in [0.5, 0.6) is 0 Å². The lowest BCUT2D eigenvalue weighted by atomic mass is 9.96. The summed E-state index contributed by atoms with van der Waals surface area (Å²) in [6, 6.07) is 0. The predicted molar refractivity (Wildman–Crippen MR) is 60.1 cm³/mol. The van der Waals surface area contributed by atoms with E-state index in [0.29, 0.717) is 0 Å². The van der Waals surface area contributed by atoms with Crippen molar-refractivity contribution in [2.24, 2.45) is 5.92 Å². The van der Waals surface area contributed by atoms with Crippen molar-refractivity contribution in [2.75, 3.05) is 13.1 Å². The highest BCUT2D eigenvalue weighted by Gasteiger charge is 2.12. The van der Waals surface area contributed by atoms with E-state index < -0.39 is 0 Å². The molecule has 3 nitrogen and oxygen atoms in total. The van der Waals surface area contributed by atoms with Crippen molar-refractivity contribution in [3.63, 3.8) is 0 Å². The molecule has 1 aliphatic rings. The van der Waals surface area contributed by atoms with Gasteiger partial charge in [0.05, 0.1) is 10.7 Å². The van der Waals surface area contributed by atoms with E-state index in [-0.39, 0.29) is 0 Å². The molecule has 1 atom stereocenters. The lowest BCUT2D eigenvalue weighted by Crippen LogP contribution is -2.30. The fourth-order valence-electron chi connectivity index (χ4n) is 1.95. The molecule has 2 rings (SSSR count). The maximum atomic E-state index is 4.25. The summed E-state index contributed by atoms with van der Waals surface area (Å²) in [4.78, 5) is 0. The zero-order valence-corrected chi connectivity index (χ0v) is 9.83. The first-order valence-corrected chi connectivity index (χ1v) is 6.02. The Labute approximate surface area is 93.0 Å². The van der Waals surface area contributed by atoms with E-state index >= 15 is 0 Å². The molecule has 1 aliphatic heterocycles. The number of aryl methyl sites for hydroxylation is 1. The fraction of sp³-hybridized carbons (Fsp3) is 0.700. The van der Waals surface area contributed by atoms with Crippen molar-refractivity contribution >= 4 is 15.9 Å². The van der Waals surface area contributed by atoms with Crippen LogP contribution in [0, 0.1) is 5.92 Å². The van der Waals surface area contributed by atoms with Gasteiger partial charge < -0.3 is 5.32 Å². The molecule has 1 aromatic rings. The SMILES string of the molecule is Brc1cnn(CCC2CCCNC2)c1. The van der Waals surface area contributed by atoms with Crippen LogP contribution in [0.25, 0.3) is 0 Å². The third-order valence-corrected chi connectivity index (χ3v) is 3.18. The van der Waals surface area contributed by atoms with E-state index in [4.69, 9.17) is 0 Å². The molecule has 0 amide bonds. The molecule has 0 bridgehead atoms. The summed E-state index contributed by atoms with van der Waals surface area (Å²) in [6.07, 6.45) is 7.82. The minimum Gasteiger partial charge on any atom is -0.316 e. The zero-order valence-electron chi connectivity index (χ0n) is 8.25. The molecule has 0 spiro atoms. The Morgan fingerprint density at radius 2 is 2.57 bits per heavy atom. The van der Waals surface area contributed by atoms with Crippen molar-refractivity contribution in [2.45, 2.75) is 25.8 Å². The molecule has 1 N–H and O–H groups in total. The van der Waals surface area contributed by atoms with E-state index in [1.54, 1.807) is 0 Å². The predicted octanol–water partition coefficient (Wildman–Crippen LogP) is 2.04.